The smallest absolute Gasteiger partial charge is 0.411 e. The maximum atomic E-state index is 12.5. The van der Waals surface area contributed by atoms with Crippen LogP contribution in [0, 0.1) is 5.82 Å². The Kier molecular flexibility index (Phi) is 2.84. The standard InChI is InChI=1S/C9H10FNO2/c1-2-11(9(12)13)8-5-3-7(10)4-6-8/h3-6H,2H2,1H3,(H,12,13). The Bertz CT molecular complexity index is 297. The molecule has 3 nitrogen and oxygen atoms in total. The molecule has 0 atom stereocenters. The summed E-state index contributed by atoms with van der Waals surface area (Å²) < 4.78 is 12.5. The minimum atomic E-state index is -1.03. The molecule has 4 heteroatoms. The van der Waals surface area contributed by atoms with Crippen LogP contribution in [0.1, 0.15) is 6.92 Å². The molecule has 0 unspecified atom stereocenters. The minimum Gasteiger partial charge on any atom is -0.465 e. The van der Waals surface area contributed by atoms with Crippen LogP contribution in [0.25, 0.3) is 0 Å². The van der Waals surface area contributed by atoms with E-state index in [-0.39, 0.29) is 5.82 Å². The van der Waals surface area contributed by atoms with Gasteiger partial charge in [-0.1, -0.05) is 0 Å². The van der Waals surface area contributed by atoms with Crippen LogP contribution >= 0.6 is 0 Å². The number of benzene rings is 1. The van der Waals surface area contributed by atoms with E-state index in [1.54, 1.807) is 6.92 Å². The van der Waals surface area contributed by atoms with Crippen LogP contribution in [0.2, 0.25) is 0 Å². The lowest BCUT2D eigenvalue weighted by atomic mass is 10.3. The Morgan fingerprint density at radius 3 is 2.38 bits per heavy atom. The average Bonchev–Trinajstić information content (AvgIpc) is 2.09. The second-order valence-corrected chi connectivity index (χ2v) is 2.50. The van der Waals surface area contributed by atoms with Crippen LogP contribution in [0.15, 0.2) is 24.3 Å². The summed E-state index contributed by atoms with van der Waals surface area (Å²) in [5, 5.41) is 8.73. The molecule has 1 aromatic rings. The lowest BCUT2D eigenvalue weighted by Gasteiger charge is -2.16. The normalized spacial score (nSPS) is 9.69. The van der Waals surface area contributed by atoms with Gasteiger partial charge in [0.1, 0.15) is 5.82 Å². The molecule has 0 saturated carbocycles. The number of carbonyl (C=O) groups is 1. The van der Waals surface area contributed by atoms with Gasteiger partial charge in [0, 0.05) is 12.2 Å². The van der Waals surface area contributed by atoms with Crippen molar-refractivity contribution in [2.75, 3.05) is 11.4 Å². The zero-order valence-electron chi connectivity index (χ0n) is 7.20. The first kappa shape index (κ1) is 9.51. The maximum absolute atomic E-state index is 12.5. The van der Waals surface area contributed by atoms with Crippen LogP contribution < -0.4 is 4.90 Å². The molecule has 0 heterocycles. The van der Waals surface area contributed by atoms with Crippen molar-refractivity contribution in [1.29, 1.82) is 0 Å². The Hall–Kier alpha value is -1.58. The van der Waals surface area contributed by atoms with E-state index in [2.05, 4.69) is 0 Å². The summed E-state index contributed by atoms with van der Waals surface area (Å²) in [5.74, 6) is -0.370. The molecule has 1 rings (SSSR count). The quantitative estimate of drug-likeness (QED) is 0.764. The highest BCUT2D eigenvalue weighted by Gasteiger charge is 2.10. The number of hydrogen-bond acceptors (Lipinski definition) is 1. The van der Waals surface area contributed by atoms with Crippen molar-refractivity contribution < 1.29 is 14.3 Å². The van der Waals surface area contributed by atoms with Gasteiger partial charge < -0.3 is 5.11 Å². The molecule has 0 fully saturated rings. The van der Waals surface area contributed by atoms with Gasteiger partial charge in [-0.25, -0.2) is 9.18 Å². The Morgan fingerprint density at radius 1 is 1.46 bits per heavy atom. The zero-order chi connectivity index (χ0) is 9.84. The van der Waals surface area contributed by atoms with Gasteiger partial charge in [-0.3, -0.25) is 4.90 Å². The summed E-state index contributed by atoms with van der Waals surface area (Å²) >= 11 is 0. The summed E-state index contributed by atoms with van der Waals surface area (Å²) in [6, 6.07) is 5.35. The van der Waals surface area contributed by atoms with Gasteiger partial charge in [0.2, 0.25) is 0 Å². The minimum absolute atomic E-state index is 0.348. The lowest BCUT2D eigenvalue weighted by Crippen LogP contribution is -2.28. The monoisotopic (exact) mass is 183 g/mol. The summed E-state index contributed by atoms with van der Waals surface area (Å²) in [5.41, 5.74) is 0.483. The van der Waals surface area contributed by atoms with Gasteiger partial charge in [-0.05, 0) is 31.2 Å². The Labute approximate surface area is 75.4 Å². The molecule has 1 N–H and O–H groups in total. The van der Waals surface area contributed by atoms with E-state index in [4.69, 9.17) is 5.11 Å². The molecular weight excluding hydrogens is 173 g/mol. The Morgan fingerprint density at radius 2 is 2.00 bits per heavy atom. The van der Waals surface area contributed by atoms with E-state index >= 15 is 0 Å². The first-order valence-corrected chi connectivity index (χ1v) is 3.91. The first-order chi connectivity index (χ1) is 6.15. The average molecular weight is 183 g/mol. The van der Waals surface area contributed by atoms with Gasteiger partial charge in [0.15, 0.2) is 0 Å². The molecule has 0 aromatic heterocycles. The van der Waals surface area contributed by atoms with Crippen LogP contribution in [0.3, 0.4) is 0 Å². The van der Waals surface area contributed by atoms with Gasteiger partial charge in [0.05, 0.1) is 0 Å². The fourth-order valence-corrected chi connectivity index (χ4v) is 1.05. The number of carboxylic acid groups (broad SMARTS) is 1. The van der Waals surface area contributed by atoms with Crippen molar-refractivity contribution in [3.05, 3.63) is 30.1 Å². The highest BCUT2D eigenvalue weighted by Crippen LogP contribution is 2.14. The van der Waals surface area contributed by atoms with E-state index in [1.807, 2.05) is 0 Å². The topological polar surface area (TPSA) is 40.5 Å². The van der Waals surface area contributed by atoms with E-state index in [0.29, 0.717) is 12.2 Å². The van der Waals surface area contributed by atoms with Gasteiger partial charge in [-0.2, -0.15) is 0 Å². The summed E-state index contributed by atoms with van der Waals surface area (Å²) in [6.45, 7) is 2.07. The van der Waals surface area contributed by atoms with Gasteiger partial charge in [0.25, 0.3) is 0 Å². The molecule has 1 amide bonds. The molecular formula is C9H10FNO2. The predicted octanol–water partition coefficient (Wildman–Crippen LogP) is 2.33. The zero-order valence-corrected chi connectivity index (χ0v) is 7.20. The lowest BCUT2D eigenvalue weighted by molar-refractivity contribution is 0.202. The van der Waals surface area contributed by atoms with Gasteiger partial charge in [-0.15, -0.1) is 0 Å². The summed E-state index contributed by atoms with van der Waals surface area (Å²) in [7, 11) is 0. The molecule has 0 saturated heterocycles. The molecule has 0 aliphatic heterocycles. The van der Waals surface area contributed by atoms with Crippen LogP contribution in [0.5, 0.6) is 0 Å². The van der Waals surface area contributed by atoms with Gasteiger partial charge >= 0.3 is 6.09 Å². The maximum Gasteiger partial charge on any atom is 0.411 e. The van der Waals surface area contributed by atoms with Crippen LogP contribution in [-0.2, 0) is 0 Å². The third kappa shape index (κ3) is 2.18. The SMILES string of the molecule is CCN(C(=O)O)c1ccc(F)cc1. The molecule has 0 spiro atoms. The van der Waals surface area contributed by atoms with E-state index in [1.165, 1.54) is 24.3 Å². The molecule has 0 aliphatic carbocycles. The fourth-order valence-electron chi connectivity index (χ4n) is 1.05. The highest BCUT2D eigenvalue weighted by molar-refractivity contribution is 5.85. The van der Waals surface area contributed by atoms with Crippen molar-refractivity contribution >= 4 is 11.8 Å². The number of anilines is 1. The Balaban J connectivity index is 2.92. The third-order valence-corrected chi connectivity index (χ3v) is 1.69. The number of nitrogens with zero attached hydrogens (tertiary/aromatic N) is 1. The first-order valence-electron chi connectivity index (χ1n) is 3.91. The largest absolute Gasteiger partial charge is 0.465 e. The van der Waals surface area contributed by atoms with Crippen molar-refractivity contribution in [1.82, 2.24) is 0 Å². The van der Waals surface area contributed by atoms with E-state index in [0.717, 1.165) is 4.90 Å². The van der Waals surface area contributed by atoms with Crippen LogP contribution in [0.4, 0.5) is 14.9 Å². The van der Waals surface area contributed by atoms with E-state index < -0.39 is 6.09 Å². The van der Waals surface area contributed by atoms with Crippen LogP contribution in [-0.4, -0.2) is 17.7 Å². The molecule has 13 heavy (non-hydrogen) atoms. The summed E-state index contributed by atoms with van der Waals surface area (Å²) in [6.07, 6.45) is -1.03. The van der Waals surface area contributed by atoms with Crippen molar-refractivity contribution in [3.8, 4) is 0 Å². The van der Waals surface area contributed by atoms with Crippen molar-refractivity contribution in [2.45, 2.75) is 6.92 Å². The highest BCUT2D eigenvalue weighted by atomic mass is 19.1. The summed E-state index contributed by atoms with van der Waals surface area (Å²) in [4.78, 5) is 11.8. The molecule has 1 aromatic carbocycles. The number of hydrogen-bond donors (Lipinski definition) is 1. The number of rotatable bonds is 2. The predicted molar refractivity (Wildman–Crippen MR) is 47.4 cm³/mol. The van der Waals surface area contributed by atoms with Crippen molar-refractivity contribution in [3.63, 3.8) is 0 Å². The fraction of sp³-hybridized carbons (Fsp3) is 0.222. The number of halogens is 1. The third-order valence-electron chi connectivity index (χ3n) is 1.69. The molecule has 0 bridgehead atoms. The number of amides is 1. The molecule has 0 radical (unpaired) electrons. The van der Waals surface area contributed by atoms with Crippen molar-refractivity contribution in [2.24, 2.45) is 0 Å². The van der Waals surface area contributed by atoms with E-state index in [9.17, 15) is 9.18 Å². The second-order valence-electron chi connectivity index (χ2n) is 2.50. The molecule has 70 valence electrons. The molecule has 0 aliphatic rings. The second kappa shape index (κ2) is 3.89.